The molecule has 4 nitrogen and oxygen atoms in total. The highest BCUT2D eigenvalue weighted by Crippen LogP contribution is 2.13. The molecule has 0 spiro atoms. The van der Waals surface area contributed by atoms with Crippen LogP contribution in [0.25, 0.3) is 0 Å². The van der Waals surface area contributed by atoms with Crippen LogP contribution >= 0.6 is 11.6 Å². The highest BCUT2D eigenvalue weighted by Gasteiger charge is 2.31. The van der Waals surface area contributed by atoms with Gasteiger partial charge in [-0.05, 0) is 24.6 Å². The average molecular weight is 267 g/mol. The van der Waals surface area contributed by atoms with Crippen molar-refractivity contribution < 1.29 is 9.59 Å². The summed E-state index contributed by atoms with van der Waals surface area (Å²) < 4.78 is 0. The van der Waals surface area contributed by atoms with Crippen molar-refractivity contribution in [2.75, 3.05) is 19.6 Å². The van der Waals surface area contributed by atoms with Gasteiger partial charge in [-0.1, -0.05) is 23.7 Å². The van der Waals surface area contributed by atoms with Gasteiger partial charge < -0.3 is 9.80 Å². The largest absolute Gasteiger partial charge is 0.333 e. The number of likely N-dealkylation sites (N-methyl/N-ethyl adjacent to an activating group) is 1. The Labute approximate surface area is 111 Å². The van der Waals surface area contributed by atoms with Crippen molar-refractivity contribution in [2.24, 2.45) is 0 Å². The van der Waals surface area contributed by atoms with Gasteiger partial charge in [-0.3, -0.25) is 9.59 Å². The Morgan fingerprint density at radius 1 is 1.06 bits per heavy atom. The van der Waals surface area contributed by atoms with Crippen molar-refractivity contribution in [3.05, 3.63) is 34.9 Å². The zero-order valence-electron chi connectivity index (χ0n) is 10.2. The van der Waals surface area contributed by atoms with E-state index < -0.39 is 11.8 Å². The molecule has 1 fully saturated rings. The second-order valence-electron chi connectivity index (χ2n) is 4.24. The minimum absolute atomic E-state index is 0.405. The Hall–Kier alpha value is -1.55. The number of amides is 2. The van der Waals surface area contributed by atoms with Gasteiger partial charge in [0.2, 0.25) is 0 Å². The predicted molar refractivity (Wildman–Crippen MR) is 69.1 cm³/mol. The maximum Gasteiger partial charge on any atom is 0.312 e. The summed E-state index contributed by atoms with van der Waals surface area (Å²) in [5.41, 5.74) is 0.977. The SMILES string of the molecule is CCN1CCN(Cc2ccc(Cl)cc2)C(=O)C1=O. The lowest BCUT2D eigenvalue weighted by Crippen LogP contribution is -2.53. The van der Waals surface area contributed by atoms with Gasteiger partial charge in [0.05, 0.1) is 0 Å². The normalized spacial score (nSPS) is 16.3. The first-order valence-corrected chi connectivity index (χ1v) is 6.32. The molecule has 1 aromatic rings. The molecule has 0 radical (unpaired) electrons. The van der Waals surface area contributed by atoms with Crippen molar-refractivity contribution in [3.8, 4) is 0 Å². The molecule has 1 aliphatic heterocycles. The van der Waals surface area contributed by atoms with Gasteiger partial charge in [0, 0.05) is 31.2 Å². The molecule has 0 atom stereocenters. The average Bonchev–Trinajstić information content (AvgIpc) is 2.38. The van der Waals surface area contributed by atoms with E-state index in [1.165, 1.54) is 0 Å². The number of rotatable bonds is 3. The molecular weight excluding hydrogens is 252 g/mol. The minimum Gasteiger partial charge on any atom is -0.333 e. The van der Waals surface area contributed by atoms with Crippen LogP contribution in [0.2, 0.25) is 5.02 Å². The minimum atomic E-state index is -0.418. The number of piperazine rings is 1. The molecule has 2 amide bonds. The Kier molecular flexibility index (Phi) is 3.87. The molecule has 0 aromatic heterocycles. The molecule has 96 valence electrons. The van der Waals surface area contributed by atoms with Crippen LogP contribution in [0.3, 0.4) is 0 Å². The van der Waals surface area contributed by atoms with E-state index in [4.69, 9.17) is 11.6 Å². The van der Waals surface area contributed by atoms with E-state index >= 15 is 0 Å². The highest BCUT2D eigenvalue weighted by atomic mass is 35.5. The van der Waals surface area contributed by atoms with Crippen LogP contribution < -0.4 is 0 Å². The first-order valence-electron chi connectivity index (χ1n) is 5.94. The van der Waals surface area contributed by atoms with Gasteiger partial charge in [-0.15, -0.1) is 0 Å². The van der Waals surface area contributed by atoms with Crippen LogP contribution in [0, 0.1) is 0 Å². The van der Waals surface area contributed by atoms with Gasteiger partial charge in [0.25, 0.3) is 0 Å². The lowest BCUT2D eigenvalue weighted by atomic mass is 10.2. The van der Waals surface area contributed by atoms with E-state index in [-0.39, 0.29) is 0 Å². The van der Waals surface area contributed by atoms with Gasteiger partial charge >= 0.3 is 11.8 Å². The fraction of sp³-hybridized carbons (Fsp3) is 0.385. The zero-order chi connectivity index (χ0) is 13.1. The van der Waals surface area contributed by atoms with E-state index in [9.17, 15) is 9.59 Å². The molecular formula is C13H15ClN2O2. The summed E-state index contributed by atoms with van der Waals surface area (Å²) in [5.74, 6) is -0.823. The van der Waals surface area contributed by atoms with Crippen LogP contribution in [0.4, 0.5) is 0 Å². The number of carbonyl (C=O) groups is 2. The van der Waals surface area contributed by atoms with Crippen molar-refractivity contribution in [2.45, 2.75) is 13.5 Å². The predicted octanol–water partition coefficient (Wildman–Crippen LogP) is 1.53. The highest BCUT2D eigenvalue weighted by molar-refractivity contribution is 6.35. The molecule has 1 aliphatic rings. The summed E-state index contributed by atoms with van der Waals surface area (Å²) in [7, 11) is 0. The smallest absolute Gasteiger partial charge is 0.312 e. The molecule has 1 saturated heterocycles. The Morgan fingerprint density at radius 3 is 2.22 bits per heavy atom. The number of hydrogen-bond donors (Lipinski definition) is 0. The van der Waals surface area contributed by atoms with E-state index in [1.54, 1.807) is 21.9 Å². The molecule has 18 heavy (non-hydrogen) atoms. The quantitative estimate of drug-likeness (QED) is 0.779. The summed E-state index contributed by atoms with van der Waals surface area (Å²) >= 11 is 5.80. The van der Waals surface area contributed by atoms with Crippen LogP contribution in [0.1, 0.15) is 12.5 Å². The molecule has 0 saturated carbocycles. The summed E-state index contributed by atoms with van der Waals surface area (Å²) in [6, 6.07) is 7.30. The number of hydrogen-bond acceptors (Lipinski definition) is 2. The van der Waals surface area contributed by atoms with E-state index in [0.717, 1.165) is 5.56 Å². The summed E-state index contributed by atoms with van der Waals surface area (Å²) in [6.07, 6.45) is 0. The van der Waals surface area contributed by atoms with E-state index in [2.05, 4.69) is 0 Å². The molecule has 2 rings (SSSR count). The maximum absolute atomic E-state index is 11.9. The van der Waals surface area contributed by atoms with Crippen molar-refractivity contribution in [1.82, 2.24) is 9.80 Å². The fourth-order valence-electron chi connectivity index (χ4n) is 1.98. The fourth-order valence-corrected chi connectivity index (χ4v) is 2.10. The van der Waals surface area contributed by atoms with Crippen molar-refractivity contribution in [1.29, 1.82) is 0 Å². The lowest BCUT2D eigenvalue weighted by Gasteiger charge is -2.33. The van der Waals surface area contributed by atoms with E-state index in [0.29, 0.717) is 31.2 Å². The first kappa shape index (κ1) is 12.9. The Bertz CT molecular complexity index is 459. The molecule has 0 N–H and O–H groups in total. The van der Waals surface area contributed by atoms with Gasteiger partial charge in [-0.2, -0.15) is 0 Å². The number of benzene rings is 1. The lowest BCUT2D eigenvalue weighted by molar-refractivity contribution is -0.156. The third-order valence-corrected chi connectivity index (χ3v) is 3.32. The molecule has 0 bridgehead atoms. The Balaban J connectivity index is 2.04. The number of carbonyl (C=O) groups excluding carboxylic acids is 2. The van der Waals surface area contributed by atoms with Crippen LogP contribution in [0.15, 0.2) is 24.3 Å². The van der Waals surface area contributed by atoms with Crippen LogP contribution in [0.5, 0.6) is 0 Å². The summed E-state index contributed by atoms with van der Waals surface area (Å²) in [5, 5.41) is 0.664. The molecule has 0 aliphatic carbocycles. The van der Waals surface area contributed by atoms with Crippen molar-refractivity contribution in [3.63, 3.8) is 0 Å². The van der Waals surface area contributed by atoms with E-state index in [1.807, 2.05) is 19.1 Å². The molecule has 0 unspecified atom stereocenters. The van der Waals surface area contributed by atoms with Crippen LogP contribution in [-0.2, 0) is 16.1 Å². The third-order valence-electron chi connectivity index (χ3n) is 3.07. The Morgan fingerprint density at radius 2 is 1.61 bits per heavy atom. The topological polar surface area (TPSA) is 40.6 Å². The number of nitrogens with zero attached hydrogens (tertiary/aromatic N) is 2. The standard InChI is InChI=1S/C13H15ClN2O2/c1-2-15-7-8-16(13(18)12(15)17)9-10-3-5-11(14)6-4-10/h3-6H,2,7-9H2,1H3. The third kappa shape index (κ3) is 2.64. The first-order chi connectivity index (χ1) is 8.61. The van der Waals surface area contributed by atoms with Crippen LogP contribution in [-0.4, -0.2) is 41.2 Å². The number of halogens is 1. The zero-order valence-corrected chi connectivity index (χ0v) is 11.0. The summed E-state index contributed by atoms with van der Waals surface area (Å²) in [6.45, 7) is 4.11. The van der Waals surface area contributed by atoms with Gasteiger partial charge in [-0.25, -0.2) is 0 Å². The second-order valence-corrected chi connectivity index (χ2v) is 4.67. The second kappa shape index (κ2) is 5.40. The molecule has 1 heterocycles. The van der Waals surface area contributed by atoms with Gasteiger partial charge in [0.15, 0.2) is 0 Å². The molecule has 5 heteroatoms. The van der Waals surface area contributed by atoms with Gasteiger partial charge in [0.1, 0.15) is 0 Å². The molecule has 1 aromatic carbocycles. The monoisotopic (exact) mass is 266 g/mol. The van der Waals surface area contributed by atoms with Crippen molar-refractivity contribution >= 4 is 23.4 Å². The maximum atomic E-state index is 11.9. The summed E-state index contributed by atoms with van der Waals surface area (Å²) in [4.78, 5) is 26.8.